The van der Waals surface area contributed by atoms with Gasteiger partial charge in [0.15, 0.2) is 0 Å². The van der Waals surface area contributed by atoms with Gasteiger partial charge >= 0.3 is 12.2 Å². The number of anilines is 2. The molecule has 38 heavy (non-hydrogen) atoms. The van der Waals surface area contributed by atoms with Crippen LogP contribution in [0.3, 0.4) is 0 Å². The van der Waals surface area contributed by atoms with Crippen LogP contribution in [0.15, 0.2) is 36.4 Å². The first-order chi connectivity index (χ1) is 17.8. The van der Waals surface area contributed by atoms with E-state index < -0.39 is 23.4 Å². The Morgan fingerprint density at radius 2 is 1.24 bits per heavy atom. The lowest BCUT2D eigenvalue weighted by Gasteiger charge is -2.24. The summed E-state index contributed by atoms with van der Waals surface area (Å²) in [6.45, 7) is 15.9. The van der Waals surface area contributed by atoms with Crippen molar-refractivity contribution in [3.05, 3.63) is 47.5 Å². The molecule has 2 amide bonds. The van der Waals surface area contributed by atoms with Gasteiger partial charge in [0.2, 0.25) is 0 Å². The topological polar surface area (TPSA) is 79.9 Å². The van der Waals surface area contributed by atoms with Gasteiger partial charge in [-0.2, -0.15) is 0 Å². The van der Waals surface area contributed by atoms with Crippen LogP contribution in [0.4, 0.5) is 21.0 Å². The molecule has 1 aliphatic rings. The summed E-state index contributed by atoms with van der Waals surface area (Å²) in [6.07, 6.45) is -0.166. The number of carbonyl (C=O) groups is 2. The van der Waals surface area contributed by atoms with Gasteiger partial charge in [-0.05, 0) is 94.5 Å². The summed E-state index contributed by atoms with van der Waals surface area (Å²) in [7, 11) is 3.82. The zero-order valence-electron chi connectivity index (χ0n) is 23.6. The van der Waals surface area contributed by atoms with Gasteiger partial charge in [-0.25, -0.2) is 9.59 Å². The fourth-order valence-electron chi connectivity index (χ4n) is 4.00. The van der Waals surface area contributed by atoms with Crippen LogP contribution in [0.25, 0.3) is 11.1 Å². The molecule has 1 aliphatic heterocycles. The summed E-state index contributed by atoms with van der Waals surface area (Å²) in [5.74, 6) is 2.15. The molecule has 1 fully saturated rings. The molecule has 0 spiro atoms. The van der Waals surface area contributed by atoms with Crippen molar-refractivity contribution in [2.24, 2.45) is 0 Å². The van der Waals surface area contributed by atoms with Gasteiger partial charge in [0.25, 0.3) is 0 Å². The van der Waals surface area contributed by atoms with Crippen LogP contribution in [0.2, 0.25) is 0 Å². The Morgan fingerprint density at radius 3 is 1.68 bits per heavy atom. The Morgan fingerprint density at radius 1 is 0.789 bits per heavy atom. The van der Waals surface area contributed by atoms with Crippen molar-refractivity contribution in [1.82, 2.24) is 4.90 Å². The number of ether oxygens (including phenoxy) is 2. The molecule has 3 rings (SSSR count). The second-order valence-electron chi connectivity index (χ2n) is 11.3. The van der Waals surface area contributed by atoms with Crippen molar-refractivity contribution in [3.63, 3.8) is 0 Å². The van der Waals surface area contributed by atoms with E-state index in [9.17, 15) is 9.59 Å². The maximum atomic E-state index is 12.6. The lowest BCUT2D eigenvalue weighted by Crippen LogP contribution is -2.29. The van der Waals surface area contributed by atoms with E-state index in [0.717, 1.165) is 71.2 Å². The molecule has 2 aromatic rings. The van der Waals surface area contributed by atoms with Gasteiger partial charge < -0.3 is 9.47 Å². The molecule has 7 nitrogen and oxygen atoms in total. The van der Waals surface area contributed by atoms with Gasteiger partial charge in [0, 0.05) is 42.5 Å². The van der Waals surface area contributed by atoms with E-state index in [0.29, 0.717) is 0 Å². The van der Waals surface area contributed by atoms with E-state index in [4.69, 9.17) is 9.47 Å². The highest BCUT2D eigenvalue weighted by Gasteiger charge is 2.20. The standard InChI is InChI=1S/C29H41N3O4S2/c1-8-20-17-21(9-11-24(20)30-26(33)35-28(2,3)4)22-10-12-25(31-27(34)36-29(5,6)7)23(18-22)19-32-13-15-37-38-16-14-32/h9-12,17-18H,8,13-16,19H2,1-7H3,(H,30,33)(H,31,34). The van der Waals surface area contributed by atoms with Crippen LogP contribution in [-0.2, 0) is 22.4 Å². The van der Waals surface area contributed by atoms with E-state index in [1.165, 1.54) is 0 Å². The Labute approximate surface area is 235 Å². The Balaban J connectivity index is 1.89. The second-order valence-corrected chi connectivity index (χ2v) is 14.0. The molecule has 0 bridgehead atoms. The molecular formula is C29H41N3O4S2. The van der Waals surface area contributed by atoms with Crippen LogP contribution in [0.1, 0.15) is 59.6 Å². The first-order valence-electron chi connectivity index (χ1n) is 13.1. The average molecular weight is 560 g/mol. The number of benzene rings is 2. The maximum absolute atomic E-state index is 12.6. The summed E-state index contributed by atoms with van der Waals surface area (Å²) in [5.41, 5.74) is 4.52. The fourth-order valence-corrected chi connectivity index (χ4v) is 6.06. The third-order valence-corrected chi connectivity index (χ3v) is 8.02. The number of rotatable bonds is 6. The van der Waals surface area contributed by atoms with Crippen LogP contribution in [0.5, 0.6) is 0 Å². The van der Waals surface area contributed by atoms with Crippen LogP contribution < -0.4 is 10.6 Å². The lowest BCUT2D eigenvalue weighted by molar-refractivity contribution is 0.0624. The van der Waals surface area contributed by atoms with Gasteiger partial charge in [0.05, 0.1) is 0 Å². The van der Waals surface area contributed by atoms with Crippen LogP contribution >= 0.6 is 21.6 Å². The van der Waals surface area contributed by atoms with E-state index in [-0.39, 0.29) is 0 Å². The van der Waals surface area contributed by atoms with E-state index in [2.05, 4.69) is 34.6 Å². The zero-order valence-corrected chi connectivity index (χ0v) is 25.2. The smallest absolute Gasteiger partial charge is 0.412 e. The molecule has 2 aromatic carbocycles. The van der Waals surface area contributed by atoms with E-state index >= 15 is 0 Å². The minimum absolute atomic E-state index is 0.459. The molecule has 0 aliphatic carbocycles. The Kier molecular flexibility index (Phi) is 10.4. The molecule has 1 saturated heterocycles. The van der Waals surface area contributed by atoms with Gasteiger partial charge in [-0.3, -0.25) is 15.5 Å². The zero-order chi connectivity index (χ0) is 27.9. The van der Waals surface area contributed by atoms with Gasteiger partial charge in [-0.15, -0.1) is 0 Å². The molecular weight excluding hydrogens is 518 g/mol. The highest BCUT2D eigenvalue weighted by atomic mass is 33.1. The van der Waals surface area contributed by atoms with Gasteiger partial charge in [-0.1, -0.05) is 40.6 Å². The van der Waals surface area contributed by atoms with Crippen molar-refractivity contribution >= 4 is 45.1 Å². The van der Waals surface area contributed by atoms with Crippen molar-refractivity contribution in [2.75, 3.05) is 35.2 Å². The molecule has 2 N–H and O–H groups in total. The fraction of sp³-hybridized carbons (Fsp3) is 0.517. The second kappa shape index (κ2) is 13.1. The number of nitrogens with one attached hydrogen (secondary N) is 2. The van der Waals surface area contributed by atoms with Crippen LogP contribution in [0, 0.1) is 0 Å². The minimum Gasteiger partial charge on any atom is -0.444 e. The predicted octanol–water partition coefficient (Wildman–Crippen LogP) is 7.81. The maximum Gasteiger partial charge on any atom is 0.412 e. The number of aryl methyl sites for hydroxylation is 1. The molecule has 208 valence electrons. The van der Waals surface area contributed by atoms with Crippen molar-refractivity contribution in [3.8, 4) is 11.1 Å². The summed E-state index contributed by atoms with van der Waals surface area (Å²) < 4.78 is 10.9. The molecule has 9 heteroatoms. The van der Waals surface area contributed by atoms with Crippen molar-refractivity contribution in [2.45, 2.75) is 72.6 Å². The first kappa shape index (κ1) is 30.2. The number of hydrogen-bond donors (Lipinski definition) is 2. The molecule has 0 atom stereocenters. The average Bonchev–Trinajstić information content (AvgIpc) is 3.06. The van der Waals surface area contributed by atoms with Gasteiger partial charge in [0.1, 0.15) is 11.2 Å². The quantitative estimate of drug-likeness (QED) is 0.349. The number of nitrogens with zero attached hydrogens (tertiary/aromatic N) is 1. The normalized spacial score (nSPS) is 14.9. The number of hydrogen-bond acceptors (Lipinski definition) is 7. The van der Waals surface area contributed by atoms with Crippen molar-refractivity contribution < 1.29 is 19.1 Å². The highest BCUT2D eigenvalue weighted by Crippen LogP contribution is 2.31. The molecule has 1 heterocycles. The SMILES string of the molecule is CCc1cc(-c2ccc(NC(=O)OC(C)(C)C)c(CN3CCSSCC3)c2)ccc1NC(=O)OC(C)(C)C. The summed E-state index contributed by atoms with van der Waals surface area (Å²) in [5, 5.41) is 5.85. The van der Waals surface area contributed by atoms with Crippen LogP contribution in [-0.4, -0.2) is 52.9 Å². The Hall–Kier alpha value is -2.36. The summed E-state index contributed by atoms with van der Waals surface area (Å²) in [6, 6.07) is 12.1. The third-order valence-electron chi connectivity index (χ3n) is 5.65. The summed E-state index contributed by atoms with van der Waals surface area (Å²) >= 11 is 0. The Bertz CT molecular complexity index is 1120. The first-order valence-corrected chi connectivity index (χ1v) is 15.5. The monoisotopic (exact) mass is 559 g/mol. The van der Waals surface area contributed by atoms with Crippen molar-refractivity contribution in [1.29, 1.82) is 0 Å². The predicted molar refractivity (Wildman–Crippen MR) is 161 cm³/mol. The number of carbonyl (C=O) groups excluding carboxylic acids is 2. The molecule has 0 saturated carbocycles. The lowest BCUT2D eigenvalue weighted by atomic mass is 9.98. The molecule has 0 unspecified atom stereocenters. The summed E-state index contributed by atoms with van der Waals surface area (Å²) in [4.78, 5) is 27.3. The number of amides is 2. The largest absolute Gasteiger partial charge is 0.444 e. The highest BCUT2D eigenvalue weighted by molar-refractivity contribution is 8.76. The van der Waals surface area contributed by atoms with E-state index in [1.807, 2.05) is 87.4 Å². The molecule has 0 aromatic heterocycles. The van der Waals surface area contributed by atoms with E-state index in [1.54, 1.807) is 0 Å². The minimum atomic E-state index is -0.574. The third kappa shape index (κ3) is 9.75. The molecule has 0 radical (unpaired) electrons.